The zero-order chi connectivity index (χ0) is 7.73. The normalized spacial score (nSPS) is 42.8. The van der Waals surface area contributed by atoms with Crippen LogP contribution in [0.15, 0.2) is 0 Å². The molecule has 0 aromatic heterocycles. The Balaban J connectivity index is 2.07. The molecular weight excluding hydrogens is 138 g/mol. The fraction of sp³-hybridized carbons (Fsp3) is 1.00. The number of ether oxygens (including phenoxy) is 1. The predicted molar refractivity (Wildman–Crippen MR) is 44.5 cm³/mol. The molecule has 2 aliphatic rings. The molecule has 1 aliphatic carbocycles. The minimum absolute atomic E-state index is 0.523. The molecule has 2 atom stereocenters. The second-order valence-electron chi connectivity index (χ2n) is 4.02. The molecule has 0 aromatic carbocycles. The van der Waals surface area contributed by atoms with Gasteiger partial charge in [-0.15, -0.1) is 0 Å². The van der Waals surface area contributed by atoms with E-state index in [2.05, 4.69) is 5.32 Å². The number of hydrogen-bond donors (Lipinski definition) is 1. The van der Waals surface area contributed by atoms with Gasteiger partial charge in [0.05, 0.1) is 6.61 Å². The number of rotatable bonds is 2. The highest BCUT2D eigenvalue weighted by atomic mass is 16.5. The molecule has 1 saturated heterocycles. The third kappa shape index (κ3) is 1.09. The first kappa shape index (κ1) is 7.56. The van der Waals surface area contributed by atoms with Crippen molar-refractivity contribution in [3.63, 3.8) is 0 Å². The van der Waals surface area contributed by atoms with Crippen molar-refractivity contribution in [1.82, 2.24) is 5.32 Å². The van der Waals surface area contributed by atoms with Gasteiger partial charge in [0.1, 0.15) is 0 Å². The molecule has 1 heterocycles. The Kier molecular flexibility index (Phi) is 1.90. The van der Waals surface area contributed by atoms with Crippen LogP contribution in [0.3, 0.4) is 0 Å². The maximum Gasteiger partial charge on any atom is 0.0533 e. The van der Waals surface area contributed by atoms with Gasteiger partial charge in [-0.1, -0.05) is 6.42 Å². The number of methoxy groups -OCH3 is 1. The van der Waals surface area contributed by atoms with Crippen LogP contribution in [0.25, 0.3) is 0 Å². The maximum absolute atomic E-state index is 5.29. The van der Waals surface area contributed by atoms with Gasteiger partial charge in [-0.05, 0) is 25.3 Å². The van der Waals surface area contributed by atoms with Gasteiger partial charge in [0.15, 0.2) is 0 Å². The summed E-state index contributed by atoms with van der Waals surface area (Å²) in [6, 6.07) is 0. The first-order chi connectivity index (χ1) is 5.37. The summed E-state index contributed by atoms with van der Waals surface area (Å²) in [5.41, 5.74) is 0.523. The van der Waals surface area contributed by atoms with Gasteiger partial charge in [0.25, 0.3) is 0 Å². The molecular formula is C9H17NO. The second-order valence-corrected chi connectivity index (χ2v) is 4.02. The summed E-state index contributed by atoms with van der Waals surface area (Å²) >= 11 is 0. The van der Waals surface area contributed by atoms with E-state index >= 15 is 0 Å². The summed E-state index contributed by atoms with van der Waals surface area (Å²) in [6.07, 6.45) is 4.20. The van der Waals surface area contributed by atoms with Crippen molar-refractivity contribution in [2.24, 2.45) is 11.3 Å². The summed E-state index contributed by atoms with van der Waals surface area (Å²) < 4.78 is 5.29. The SMILES string of the molecule is COC[C@]12CCC[C@@H]1CNC2. The molecule has 1 N–H and O–H groups in total. The Labute approximate surface area is 68.3 Å². The largest absolute Gasteiger partial charge is 0.384 e. The molecule has 2 heteroatoms. The van der Waals surface area contributed by atoms with Crippen molar-refractivity contribution in [2.75, 3.05) is 26.8 Å². The van der Waals surface area contributed by atoms with Gasteiger partial charge >= 0.3 is 0 Å². The Bertz CT molecular complexity index is 136. The molecule has 0 bridgehead atoms. The van der Waals surface area contributed by atoms with E-state index in [-0.39, 0.29) is 0 Å². The van der Waals surface area contributed by atoms with Crippen LogP contribution in [-0.4, -0.2) is 26.8 Å². The van der Waals surface area contributed by atoms with Crippen LogP contribution >= 0.6 is 0 Å². The number of fused-ring (bicyclic) bond motifs is 1. The van der Waals surface area contributed by atoms with E-state index in [1.807, 2.05) is 7.11 Å². The Morgan fingerprint density at radius 3 is 3.36 bits per heavy atom. The average Bonchev–Trinajstić information content (AvgIpc) is 2.45. The summed E-state index contributed by atoms with van der Waals surface area (Å²) in [5.74, 6) is 0.905. The van der Waals surface area contributed by atoms with Crippen LogP contribution in [0, 0.1) is 11.3 Å². The molecule has 1 saturated carbocycles. The number of hydrogen-bond acceptors (Lipinski definition) is 2. The molecule has 11 heavy (non-hydrogen) atoms. The molecule has 1 aliphatic heterocycles. The van der Waals surface area contributed by atoms with Crippen molar-refractivity contribution in [1.29, 1.82) is 0 Å². The Hall–Kier alpha value is -0.0800. The first-order valence-electron chi connectivity index (χ1n) is 4.57. The van der Waals surface area contributed by atoms with Crippen molar-refractivity contribution < 1.29 is 4.74 Å². The van der Waals surface area contributed by atoms with E-state index in [0.717, 1.165) is 12.5 Å². The average molecular weight is 155 g/mol. The zero-order valence-corrected chi connectivity index (χ0v) is 7.23. The second kappa shape index (κ2) is 2.76. The highest BCUT2D eigenvalue weighted by molar-refractivity contribution is 4.98. The molecule has 0 radical (unpaired) electrons. The highest BCUT2D eigenvalue weighted by Gasteiger charge is 2.45. The Morgan fingerprint density at radius 2 is 2.55 bits per heavy atom. The van der Waals surface area contributed by atoms with E-state index in [0.29, 0.717) is 5.41 Å². The standard InChI is InChI=1S/C9H17NO/c1-11-7-9-4-2-3-8(9)5-10-6-9/h8,10H,2-7H2,1H3/t8-,9-/m1/s1. The fourth-order valence-electron chi connectivity index (χ4n) is 2.79. The molecule has 2 nitrogen and oxygen atoms in total. The van der Waals surface area contributed by atoms with Crippen molar-refractivity contribution >= 4 is 0 Å². The molecule has 0 unspecified atom stereocenters. The van der Waals surface area contributed by atoms with E-state index in [9.17, 15) is 0 Å². The van der Waals surface area contributed by atoms with Gasteiger partial charge < -0.3 is 10.1 Å². The molecule has 2 rings (SSSR count). The topological polar surface area (TPSA) is 21.3 Å². The minimum atomic E-state index is 0.523. The van der Waals surface area contributed by atoms with Crippen LogP contribution in [-0.2, 0) is 4.74 Å². The number of nitrogens with one attached hydrogen (secondary N) is 1. The van der Waals surface area contributed by atoms with Crippen molar-refractivity contribution in [3.8, 4) is 0 Å². The van der Waals surface area contributed by atoms with Crippen LogP contribution in [0.4, 0.5) is 0 Å². The van der Waals surface area contributed by atoms with Gasteiger partial charge in [-0.2, -0.15) is 0 Å². The lowest BCUT2D eigenvalue weighted by atomic mass is 9.82. The van der Waals surface area contributed by atoms with E-state index in [1.54, 1.807) is 0 Å². The van der Waals surface area contributed by atoms with Crippen molar-refractivity contribution in [3.05, 3.63) is 0 Å². The summed E-state index contributed by atoms with van der Waals surface area (Å²) in [5, 5.41) is 3.47. The lowest BCUT2D eigenvalue weighted by Crippen LogP contribution is -2.30. The smallest absolute Gasteiger partial charge is 0.0533 e. The third-order valence-corrected chi connectivity index (χ3v) is 3.39. The first-order valence-corrected chi connectivity index (χ1v) is 4.57. The predicted octanol–water partition coefficient (Wildman–Crippen LogP) is 1.02. The lowest BCUT2D eigenvalue weighted by molar-refractivity contribution is 0.0762. The van der Waals surface area contributed by atoms with Crippen molar-refractivity contribution in [2.45, 2.75) is 19.3 Å². The highest BCUT2D eigenvalue weighted by Crippen LogP contribution is 2.45. The summed E-state index contributed by atoms with van der Waals surface area (Å²) in [6.45, 7) is 3.37. The molecule has 0 amide bonds. The lowest BCUT2D eigenvalue weighted by Gasteiger charge is -2.26. The van der Waals surface area contributed by atoms with E-state index < -0.39 is 0 Å². The molecule has 64 valence electrons. The quantitative estimate of drug-likeness (QED) is 0.643. The summed E-state index contributed by atoms with van der Waals surface area (Å²) in [7, 11) is 1.82. The third-order valence-electron chi connectivity index (χ3n) is 3.39. The van der Waals surface area contributed by atoms with Gasteiger partial charge in [0, 0.05) is 19.1 Å². The Morgan fingerprint density at radius 1 is 1.64 bits per heavy atom. The van der Waals surface area contributed by atoms with Gasteiger partial charge in [0.2, 0.25) is 0 Å². The van der Waals surface area contributed by atoms with Gasteiger partial charge in [-0.25, -0.2) is 0 Å². The van der Waals surface area contributed by atoms with E-state index in [4.69, 9.17) is 4.74 Å². The van der Waals surface area contributed by atoms with Crippen LogP contribution in [0.1, 0.15) is 19.3 Å². The van der Waals surface area contributed by atoms with Gasteiger partial charge in [-0.3, -0.25) is 0 Å². The fourth-order valence-corrected chi connectivity index (χ4v) is 2.79. The van der Waals surface area contributed by atoms with E-state index in [1.165, 1.54) is 32.4 Å². The van der Waals surface area contributed by atoms with Crippen LogP contribution in [0.5, 0.6) is 0 Å². The maximum atomic E-state index is 5.29. The molecule has 0 aromatic rings. The molecule has 2 fully saturated rings. The monoisotopic (exact) mass is 155 g/mol. The van der Waals surface area contributed by atoms with Crippen LogP contribution < -0.4 is 5.32 Å². The summed E-state index contributed by atoms with van der Waals surface area (Å²) in [4.78, 5) is 0. The zero-order valence-electron chi connectivity index (χ0n) is 7.23. The minimum Gasteiger partial charge on any atom is -0.384 e. The van der Waals surface area contributed by atoms with Crippen LogP contribution in [0.2, 0.25) is 0 Å². The molecule has 0 spiro atoms.